The van der Waals surface area contributed by atoms with E-state index in [1.165, 1.54) is 6.33 Å². The lowest BCUT2D eigenvalue weighted by Crippen LogP contribution is -2.36. The Morgan fingerprint density at radius 2 is 2.17 bits per heavy atom. The lowest BCUT2D eigenvalue weighted by Gasteiger charge is -2.11. The minimum Gasteiger partial charge on any atom is -0.330 e. The Balaban J connectivity index is 2.35. The van der Waals surface area contributed by atoms with E-state index in [-0.39, 0.29) is 12.5 Å². The Bertz CT molecular complexity index is 596. The van der Waals surface area contributed by atoms with Crippen molar-refractivity contribution in [3.63, 3.8) is 0 Å². The number of carbonyl (C=O) groups is 1. The molecule has 0 saturated carbocycles. The van der Waals surface area contributed by atoms with Crippen LogP contribution in [0.25, 0.3) is 11.0 Å². The number of nitrogens with zero attached hydrogens (tertiary/aromatic N) is 2. The largest absolute Gasteiger partial charge is 0.330 e. The number of halogens is 2. The van der Waals surface area contributed by atoms with Gasteiger partial charge in [0.05, 0.1) is 23.3 Å². The highest BCUT2D eigenvalue weighted by Gasteiger charge is 2.15. The van der Waals surface area contributed by atoms with E-state index in [0.717, 1.165) is 12.1 Å². The van der Waals surface area contributed by atoms with E-state index in [1.807, 2.05) is 5.43 Å². The monoisotopic (exact) mass is 254 g/mol. The Morgan fingerprint density at radius 3 is 2.83 bits per heavy atom. The number of hydrogen-bond acceptors (Lipinski definition) is 3. The number of fused-ring (bicyclic) bond motifs is 1. The molecule has 2 aromatic rings. The first kappa shape index (κ1) is 12.4. The van der Waals surface area contributed by atoms with Crippen LogP contribution in [0.2, 0.25) is 0 Å². The van der Waals surface area contributed by atoms with Crippen LogP contribution < -0.4 is 11.3 Å². The van der Waals surface area contributed by atoms with Crippen LogP contribution in [-0.2, 0) is 11.3 Å². The second-order valence-corrected chi connectivity index (χ2v) is 4.06. The van der Waals surface area contributed by atoms with Crippen LogP contribution in [0.1, 0.15) is 6.92 Å². The molecule has 0 bridgehead atoms. The first-order valence-corrected chi connectivity index (χ1v) is 5.33. The van der Waals surface area contributed by atoms with Gasteiger partial charge in [0.15, 0.2) is 11.6 Å². The van der Waals surface area contributed by atoms with Crippen molar-refractivity contribution in [2.45, 2.75) is 13.5 Å². The molecule has 7 heteroatoms. The van der Waals surface area contributed by atoms with Crippen LogP contribution in [-0.4, -0.2) is 15.5 Å². The number of aromatic nitrogens is 2. The van der Waals surface area contributed by atoms with Crippen LogP contribution in [0.15, 0.2) is 18.5 Å². The number of hydrazine groups is 1. The maximum Gasteiger partial charge on any atom is 0.238 e. The van der Waals surface area contributed by atoms with E-state index >= 15 is 0 Å². The van der Waals surface area contributed by atoms with Crippen molar-refractivity contribution < 1.29 is 13.6 Å². The van der Waals surface area contributed by atoms with Crippen LogP contribution in [0.4, 0.5) is 8.78 Å². The molecule has 0 radical (unpaired) electrons. The molecule has 1 amide bonds. The molecule has 0 spiro atoms. The van der Waals surface area contributed by atoms with E-state index in [1.54, 1.807) is 11.5 Å². The molecule has 1 atom stereocenters. The Kier molecular flexibility index (Phi) is 3.24. The molecule has 18 heavy (non-hydrogen) atoms. The van der Waals surface area contributed by atoms with Crippen molar-refractivity contribution in [3.05, 3.63) is 30.1 Å². The molecule has 3 N–H and O–H groups in total. The zero-order valence-corrected chi connectivity index (χ0v) is 9.65. The van der Waals surface area contributed by atoms with Gasteiger partial charge in [0.1, 0.15) is 0 Å². The van der Waals surface area contributed by atoms with E-state index in [4.69, 9.17) is 5.84 Å². The molecule has 0 saturated heterocycles. The van der Waals surface area contributed by atoms with Gasteiger partial charge in [-0.25, -0.2) is 19.6 Å². The molecule has 1 aromatic carbocycles. The van der Waals surface area contributed by atoms with Crippen LogP contribution in [0.3, 0.4) is 0 Å². The molecule has 0 aliphatic carbocycles. The maximum atomic E-state index is 13.2. The normalized spacial score (nSPS) is 12.7. The topological polar surface area (TPSA) is 72.9 Å². The van der Waals surface area contributed by atoms with E-state index in [0.29, 0.717) is 11.0 Å². The molecule has 0 fully saturated rings. The van der Waals surface area contributed by atoms with Crippen molar-refractivity contribution >= 4 is 16.9 Å². The number of carbonyl (C=O) groups excluding carboxylic acids is 1. The third kappa shape index (κ3) is 2.17. The fourth-order valence-electron chi connectivity index (χ4n) is 1.72. The van der Waals surface area contributed by atoms with Gasteiger partial charge in [0.2, 0.25) is 5.91 Å². The molecule has 2 rings (SSSR count). The number of amides is 1. The predicted molar refractivity (Wildman–Crippen MR) is 61.1 cm³/mol. The summed E-state index contributed by atoms with van der Waals surface area (Å²) in [5.41, 5.74) is 2.82. The van der Waals surface area contributed by atoms with Gasteiger partial charge in [-0.2, -0.15) is 0 Å². The summed E-state index contributed by atoms with van der Waals surface area (Å²) in [5, 5.41) is 0. The van der Waals surface area contributed by atoms with Crippen LogP contribution in [0.5, 0.6) is 0 Å². The van der Waals surface area contributed by atoms with Crippen LogP contribution in [0, 0.1) is 17.6 Å². The average Bonchev–Trinajstić information content (AvgIpc) is 2.71. The fourth-order valence-corrected chi connectivity index (χ4v) is 1.72. The first-order chi connectivity index (χ1) is 8.52. The first-order valence-electron chi connectivity index (χ1n) is 5.33. The molecule has 5 nitrogen and oxygen atoms in total. The van der Waals surface area contributed by atoms with E-state index in [9.17, 15) is 13.6 Å². The molecule has 1 unspecified atom stereocenters. The third-order valence-electron chi connectivity index (χ3n) is 2.72. The van der Waals surface area contributed by atoms with E-state index in [2.05, 4.69) is 4.98 Å². The van der Waals surface area contributed by atoms with Crippen molar-refractivity contribution in [1.29, 1.82) is 0 Å². The number of benzene rings is 1. The highest BCUT2D eigenvalue weighted by atomic mass is 19.2. The standard InChI is InChI=1S/C11H12F2N4O/c1-6(11(18)16-14)4-17-5-15-9-2-7(12)8(13)3-10(9)17/h2-3,5-6H,4,14H2,1H3,(H,16,18). The summed E-state index contributed by atoms with van der Waals surface area (Å²) < 4.78 is 27.7. The highest BCUT2D eigenvalue weighted by molar-refractivity contribution is 5.78. The van der Waals surface area contributed by atoms with E-state index < -0.39 is 17.6 Å². The van der Waals surface area contributed by atoms with Crippen molar-refractivity contribution in [2.24, 2.45) is 11.8 Å². The summed E-state index contributed by atoms with van der Waals surface area (Å²) in [4.78, 5) is 15.2. The van der Waals surface area contributed by atoms with Gasteiger partial charge in [-0.05, 0) is 0 Å². The van der Waals surface area contributed by atoms with Crippen molar-refractivity contribution in [2.75, 3.05) is 0 Å². The molecular weight excluding hydrogens is 242 g/mol. The summed E-state index contributed by atoms with van der Waals surface area (Å²) in [5.74, 6) is 2.40. The van der Waals surface area contributed by atoms with Crippen LogP contribution >= 0.6 is 0 Å². The van der Waals surface area contributed by atoms with Gasteiger partial charge in [-0.1, -0.05) is 6.92 Å². The predicted octanol–water partition coefficient (Wildman–Crippen LogP) is 0.940. The maximum absolute atomic E-state index is 13.2. The number of nitrogens with two attached hydrogens (primary N) is 1. The Hall–Kier alpha value is -2.02. The number of hydrogen-bond donors (Lipinski definition) is 2. The number of imidazole rings is 1. The second-order valence-electron chi connectivity index (χ2n) is 4.06. The number of nitrogens with one attached hydrogen (secondary N) is 1. The lowest BCUT2D eigenvalue weighted by molar-refractivity contribution is -0.124. The van der Waals surface area contributed by atoms with Gasteiger partial charge >= 0.3 is 0 Å². The molecule has 96 valence electrons. The van der Waals surface area contributed by atoms with Gasteiger partial charge in [0, 0.05) is 18.7 Å². The molecule has 0 aliphatic rings. The lowest BCUT2D eigenvalue weighted by atomic mass is 10.1. The summed E-state index contributed by atoms with van der Waals surface area (Å²) >= 11 is 0. The zero-order valence-electron chi connectivity index (χ0n) is 9.65. The summed E-state index contributed by atoms with van der Waals surface area (Å²) in [6.45, 7) is 1.96. The quantitative estimate of drug-likeness (QED) is 0.486. The third-order valence-corrected chi connectivity index (χ3v) is 2.72. The molecular formula is C11H12F2N4O. The minimum atomic E-state index is -0.944. The zero-order chi connectivity index (χ0) is 13.3. The summed E-state index contributed by atoms with van der Waals surface area (Å²) in [6.07, 6.45) is 1.43. The highest BCUT2D eigenvalue weighted by Crippen LogP contribution is 2.18. The summed E-state index contributed by atoms with van der Waals surface area (Å²) in [7, 11) is 0. The Morgan fingerprint density at radius 1 is 1.50 bits per heavy atom. The van der Waals surface area contributed by atoms with Gasteiger partial charge < -0.3 is 4.57 Å². The summed E-state index contributed by atoms with van der Waals surface area (Å²) in [6, 6.07) is 2.08. The number of rotatable bonds is 3. The smallest absolute Gasteiger partial charge is 0.238 e. The molecule has 1 heterocycles. The Labute approximate surface area is 102 Å². The average molecular weight is 254 g/mol. The van der Waals surface area contributed by atoms with Crippen molar-refractivity contribution in [3.8, 4) is 0 Å². The van der Waals surface area contributed by atoms with Gasteiger partial charge in [-0.15, -0.1) is 0 Å². The van der Waals surface area contributed by atoms with Gasteiger partial charge in [0.25, 0.3) is 0 Å². The minimum absolute atomic E-state index is 0.282. The molecule has 1 aromatic heterocycles. The van der Waals surface area contributed by atoms with Crippen molar-refractivity contribution in [1.82, 2.24) is 15.0 Å². The van der Waals surface area contributed by atoms with Gasteiger partial charge in [-0.3, -0.25) is 10.2 Å². The second kappa shape index (κ2) is 4.69. The fraction of sp³-hybridized carbons (Fsp3) is 0.273. The molecule has 0 aliphatic heterocycles. The SMILES string of the molecule is CC(Cn1cnc2cc(F)c(F)cc21)C(=O)NN.